The standard InChI is InChI=1S/C8H11BrN4/c1-13-7(8(9)11-12-13)5-2-3-6(10)4-5/h4,6H,2-3,10H2,1H3. The van der Waals surface area contributed by atoms with Crippen LogP contribution in [0.2, 0.25) is 0 Å². The van der Waals surface area contributed by atoms with E-state index in [0.29, 0.717) is 0 Å². The number of aromatic nitrogens is 3. The van der Waals surface area contributed by atoms with Crippen LogP contribution >= 0.6 is 15.9 Å². The van der Waals surface area contributed by atoms with E-state index in [9.17, 15) is 0 Å². The van der Waals surface area contributed by atoms with E-state index in [-0.39, 0.29) is 6.04 Å². The van der Waals surface area contributed by atoms with E-state index in [4.69, 9.17) is 5.73 Å². The summed E-state index contributed by atoms with van der Waals surface area (Å²) >= 11 is 3.37. The van der Waals surface area contributed by atoms with Crippen molar-refractivity contribution < 1.29 is 0 Å². The minimum atomic E-state index is 0.191. The number of nitrogens with zero attached hydrogens (tertiary/aromatic N) is 3. The summed E-state index contributed by atoms with van der Waals surface area (Å²) in [5.74, 6) is 0. The van der Waals surface area contributed by atoms with Gasteiger partial charge in [-0.25, -0.2) is 4.68 Å². The van der Waals surface area contributed by atoms with E-state index in [2.05, 4.69) is 32.3 Å². The average molecular weight is 243 g/mol. The maximum absolute atomic E-state index is 5.79. The molecule has 1 unspecified atom stereocenters. The van der Waals surface area contributed by atoms with Crippen molar-refractivity contribution in [2.24, 2.45) is 12.8 Å². The van der Waals surface area contributed by atoms with Crippen LogP contribution in [0.25, 0.3) is 5.57 Å². The van der Waals surface area contributed by atoms with E-state index in [0.717, 1.165) is 23.1 Å². The molecule has 1 heterocycles. The topological polar surface area (TPSA) is 56.7 Å². The number of nitrogens with two attached hydrogens (primary N) is 1. The van der Waals surface area contributed by atoms with Crippen LogP contribution in [0.1, 0.15) is 18.5 Å². The van der Waals surface area contributed by atoms with Crippen molar-refractivity contribution in [1.29, 1.82) is 0 Å². The van der Waals surface area contributed by atoms with E-state index in [1.165, 1.54) is 5.57 Å². The van der Waals surface area contributed by atoms with Gasteiger partial charge in [0.1, 0.15) is 0 Å². The summed E-state index contributed by atoms with van der Waals surface area (Å²) in [6.45, 7) is 0. The molecule has 0 aliphatic heterocycles. The van der Waals surface area contributed by atoms with Crippen molar-refractivity contribution in [3.05, 3.63) is 16.4 Å². The smallest absolute Gasteiger partial charge is 0.155 e. The first-order chi connectivity index (χ1) is 6.18. The van der Waals surface area contributed by atoms with Gasteiger partial charge in [0, 0.05) is 13.1 Å². The Morgan fingerprint density at radius 1 is 1.69 bits per heavy atom. The monoisotopic (exact) mass is 242 g/mol. The van der Waals surface area contributed by atoms with Crippen LogP contribution in [-0.4, -0.2) is 21.0 Å². The molecule has 0 saturated heterocycles. The molecule has 0 aromatic carbocycles. The molecule has 2 N–H and O–H groups in total. The largest absolute Gasteiger partial charge is 0.324 e. The van der Waals surface area contributed by atoms with Gasteiger partial charge >= 0.3 is 0 Å². The molecule has 0 saturated carbocycles. The Balaban J connectivity index is 2.40. The lowest BCUT2D eigenvalue weighted by atomic mass is 10.2. The summed E-state index contributed by atoms with van der Waals surface area (Å²) in [5.41, 5.74) is 8.08. The summed E-state index contributed by atoms with van der Waals surface area (Å²) in [6.07, 6.45) is 4.12. The minimum Gasteiger partial charge on any atom is -0.324 e. The fourth-order valence-corrected chi connectivity index (χ4v) is 2.20. The quantitative estimate of drug-likeness (QED) is 0.802. The van der Waals surface area contributed by atoms with Crippen LogP contribution in [0.4, 0.5) is 0 Å². The second kappa shape index (κ2) is 3.23. The molecule has 0 fully saturated rings. The van der Waals surface area contributed by atoms with Gasteiger partial charge in [-0.05, 0) is 34.3 Å². The molecular formula is C8H11BrN4. The summed E-state index contributed by atoms with van der Waals surface area (Å²) < 4.78 is 2.57. The summed E-state index contributed by atoms with van der Waals surface area (Å²) in [6, 6.07) is 0.191. The van der Waals surface area contributed by atoms with Crippen molar-refractivity contribution in [3.8, 4) is 0 Å². The Bertz CT molecular complexity index is 336. The van der Waals surface area contributed by atoms with Crippen LogP contribution in [0.5, 0.6) is 0 Å². The zero-order chi connectivity index (χ0) is 9.42. The van der Waals surface area contributed by atoms with Gasteiger partial charge in [0.2, 0.25) is 0 Å². The van der Waals surface area contributed by atoms with Crippen LogP contribution in [0, 0.1) is 0 Å². The Labute approximate surface area is 84.9 Å². The molecule has 70 valence electrons. The number of rotatable bonds is 1. The van der Waals surface area contributed by atoms with Crippen LogP contribution in [0.3, 0.4) is 0 Å². The second-order valence-electron chi connectivity index (χ2n) is 3.25. The first-order valence-corrected chi connectivity index (χ1v) is 4.99. The highest BCUT2D eigenvalue weighted by molar-refractivity contribution is 9.10. The molecule has 1 aromatic rings. The number of halogens is 1. The highest BCUT2D eigenvalue weighted by Crippen LogP contribution is 2.30. The third-order valence-electron chi connectivity index (χ3n) is 2.25. The molecule has 0 amide bonds. The predicted octanol–water partition coefficient (Wildman–Crippen LogP) is 1.08. The molecule has 0 radical (unpaired) electrons. The maximum Gasteiger partial charge on any atom is 0.155 e. The van der Waals surface area contributed by atoms with E-state index >= 15 is 0 Å². The van der Waals surface area contributed by atoms with Crippen molar-refractivity contribution in [3.63, 3.8) is 0 Å². The Kier molecular flexibility index (Phi) is 2.21. The molecule has 4 nitrogen and oxygen atoms in total. The van der Waals surface area contributed by atoms with Gasteiger partial charge in [0.25, 0.3) is 0 Å². The highest BCUT2D eigenvalue weighted by Gasteiger charge is 2.19. The average Bonchev–Trinajstić information content (AvgIpc) is 2.60. The van der Waals surface area contributed by atoms with Gasteiger partial charge in [-0.15, -0.1) is 5.10 Å². The maximum atomic E-state index is 5.79. The number of hydrogen-bond acceptors (Lipinski definition) is 3. The first-order valence-electron chi connectivity index (χ1n) is 4.20. The van der Waals surface area contributed by atoms with Gasteiger partial charge in [0.05, 0.1) is 5.69 Å². The van der Waals surface area contributed by atoms with Gasteiger partial charge in [-0.2, -0.15) is 0 Å². The van der Waals surface area contributed by atoms with Gasteiger partial charge in [-0.3, -0.25) is 0 Å². The normalized spacial score (nSPS) is 22.1. The number of allylic oxidation sites excluding steroid dienone is 1. The van der Waals surface area contributed by atoms with Gasteiger partial charge in [-0.1, -0.05) is 11.3 Å². The molecule has 1 aliphatic carbocycles. The fourth-order valence-electron chi connectivity index (χ4n) is 1.62. The summed E-state index contributed by atoms with van der Waals surface area (Å²) in [7, 11) is 1.89. The minimum absolute atomic E-state index is 0.191. The third kappa shape index (κ3) is 1.53. The molecule has 5 heteroatoms. The highest BCUT2D eigenvalue weighted by atomic mass is 79.9. The van der Waals surface area contributed by atoms with Crippen LogP contribution in [-0.2, 0) is 7.05 Å². The number of hydrogen-bond donors (Lipinski definition) is 1. The van der Waals surface area contributed by atoms with Crippen LogP contribution < -0.4 is 5.73 Å². The second-order valence-corrected chi connectivity index (χ2v) is 4.00. The molecule has 1 aromatic heterocycles. The molecule has 2 rings (SSSR count). The van der Waals surface area contributed by atoms with Crippen LogP contribution in [0.15, 0.2) is 10.7 Å². The molecule has 1 aliphatic rings. The number of aryl methyl sites for hydroxylation is 1. The first kappa shape index (κ1) is 8.90. The Hall–Kier alpha value is -0.680. The molecular weight excluding hydrogens is 232 g/mol. The molecule has 0 spiro atoms. The molecule has 0 bridgehead atoms. The Morgan fingerprint density at radius 2 is 2.46 bits per heavy atom. The van der Waals surface area contributed by atoms with E-state index in [1.54, 1.807) is 4.68 Å². The lowest BCUT2D eigenvalue weighted by molar-refractivity contribution is 0.704. The molecule has 13 heavy (non-hydrogen) atoms. The lowest BCUT2D eigenvalue weighted by Gasteiger charge is -2.00. The fraction of sp³-hybridized carbons (Fsp3) is 0.500. The Morgan fingerprint density at radius 3 is 2.92 bits per heavy atom. The lowest BCUT2D eigenvalue weighted by Crippen LogP contribution is -2.11. The van der Waals surface area contributed by atoms with E-state index in [1.807, 2.05) is 7.05 Å². The predicted molar refractivity (Wildman–Crippen MR) is 53.9 cm³/mol. The zero-order valence-electron chi connectivity index (χ0n) is 7.37. The summed E-state index contributed by atoms with van der Waals surface area (Å²) in [4.78, 5) is 0. The summed E-state index contributed by atoms with van der Waals surface area (Å²) in [5, 5.41) is 7.86. The van der Waals surface area contributed by atoms with Gasteiger partial charge < -0.3 is 5.73 Å². The van der Waals surface area contributed by atoms with Gasteiger partial charge in [0.15, 0.2) is 4.60 Å². The zero-order valence-corrected chi connectivity index (χ0v) is 8.95. The third-order valence-corrected chi connectivity index (χ3v) is 2.79. The van der Waals surface area contributed by atoms with Crippen molar-refractivity contribution >= 4 is 21.5 Å². The molecule has 1 atom stereocenters. The van der Waals surface area contributed by atoms with E-state index < -0.39 is 0 Å². The van der Waals surface area contributed by atoms with Crippen molar-refractivity contribution in [1.82, 2.24) is 15.0 Å². The van der Waals surface area contributed by atoms with Crippen molar-refractivity contribution in [2.45, 2.75) is 18.9 Å². The van der Waals surface area contributed by atoms with Crippen molar-refractivity contribution in [2.75, 3.05) is 0 Å². The SMILES string of the molecule is Cn1nnc(Br)c1C1=CC(N)CC1.